The molecular weight excluding hydrogens is 434 g/mol. The molecule has 0 aromatic carbocycles. The van der Waals surface area contributed by atoms with E-state index in [1.165, 1.54) is 0 Å². The lowest BCUT2D eigenvalue weighted by molar-refractivity contribution is -0.0627. The number of alkyl halides is 2. The van der Waals surface area contributed by atoms with Crippen LogP contribution in [0.4, 0.5) is 14.6 Å². The molecule has 0 bridgehead atoms. The van der Waals surface area contributed by atoms with Crippen molar-refractivity contribution in [1.29, 1.82) is 0 Å². The maximum Gasteiger partial charge on any atom is 0.260 e. The summed E-state index contributed by atoms with van der Waals surface area (Å²) in [4.78, 5) is 18.7. The van der Waals surface area contributed by atoms with Crippen molar-refractivity contribution in [1.82, 2.24) is 24.8 Å². The number of rotatable bonds is 6. The number of nitrogens with one attached hydrogen (secondary N) is 1. The highest BCUT2D eigenvalue weighted by molar-refractivity contribution is 5.89. The average Bonchev–Trinajstić information content (AvgIpc) is 3.26. The molecule has 2 aliphatic heterocycles. The first-order valence-electron chi connectivity index (χ1n) is 11.8. The minimum atomic E-state index is -2.58. The number of likely N-dealkylation sites (tertiary alicyclic amines) is 1. The van der Waals surface area contributed by atoms with Gasteiger partial charge in [-0.1, -0.05) is 19.2 Å². The Morgan fingerprint density at radius 1 is 1.09 bits per heavy atom. The summed E-state index contributed by atoms with van der Waals surface area (Å²) >= 11 is 0. The number of H-pyrrole nitrogens is 1. The van der Waals surface area contributed by atoms with Crippen LogP contribution in [0.2, 0.25) is 0 Å². The van der Waals surface area contributed by atoms with Crippen LogP contribution in [0.1, 0.15) is 18.4 Å². The zero-order valence-corrected chi connectivity index (χ0v) is 19.3. The number of pyridine rings is 2. The summed E-state index contributed by atoms with van der Waals surface area (Å²) in [6.45, 7) is 12.4. The predicted octanol–water partition coefficient (Wildman–Crippen LogP) is 4.63. The molecule has 3 aromatic heterocycles. The first-order chi connectivity index (χ1) is 16.4. The van der Waals surface area contributed by atoms with Crippen LogP contribution in [0.15, 0.2) is 55.6 Å². The van der Waals surface area contributed by atoms with Crippen LogP contribution in [-0.2, 0) is 0 Å². The van der Waals surface area contributed by atoms with Gasteiger partial charge in [-0.2, -0.15) is 0 Å². The molecule has 0 radical (unpaired) electrons. The minimum absolute atomic E-state index is 0.00641. The van der Waals surface area contributed by atoms with Gasteiger partial charge in [0.25, 0.3) is 5.92 Å². The number of aromatic nitrogens is 3. The van der Waals surface area contributed by atoms with Crippen LogP contribution >= 0.6 is 0 Å². The maximum absolute atomic E-state index is 13.7. The fraction of sp³-hybridized carbons (Fsp3) is 0.385. The van der Waals surface area contributed by atoms with E-state index in [9.17, 15) is 8.78 Å². The number of halogens is 2. The monoisotopic (exact) mass is 464 g/mol. The molecule has 34 heavy (non-hydrogen) atoms. The zero-order valence-electron chi connectivity index (χ0n) is 19.3. The smallest absolute Gasteiger partial charge is 0.260 e. The van der Waals surface area contributed by atoms with Crippen LogP contribution in [0.3, 0.4) is 0 Å². The lowest BCUT2D eigenvalue weighted by Crippen LogP contribution is -2.49. The van der Waals surface area contributed by atoms with E-state index >= 15 is 0 Å². The molecule has 178 valence electrons. The van der Waals surface area contributed by atoms with Gasteiger partial charge in [-0.25, -0.2) is 18.7 Å². The predicted molar refractivity (Wildman–Crippen MR) is 133 cm³/mol. The molecule has 6 nitrogen and oxygen atoms in total. The Bertz CT molecular complexity index is 1180. The summed E-state index contributed by atoms with van der Waals surface area (Å²) in [6, 6.07) is 6.23. The first kappa shape index (κ1) is 22.5. The molecule has 0 spiro atoms. The Morgan fingerprint density at radius 3 is 2.59 bits per heavy atom. The average molecular weight is 465 g/mol. The van der Waals surface area contributed by atoms with Crippen molar-refractivity contribution in [2.45, 2.75) is 18.8 Å². The van der Waals surface area contributed by atoms with Crippen LogP contribution in [-0.4, -0.2) is 76.5 Å². The number of fused-ring (bicyclic) bond motifs is 1. The van der Waals surface area contributed by atoms with E-state index in [4.69, 9.17) is 4.98 Å². The van der Waals surface area contributed by atoms with Crippen molar-refractivity contribution in [3.8, 4) is 11.1 Å². The van der Waals surface area contributed by atoms with Crippen LogP contribution in [0, 0.1) is 0 Å². The normalized spacial score (nSPS) is 18.9. The van der Waals surface area contributed by atoms with Gasteiger partial charge in [-0.15, -0.1) is 0 Å². The lowest BCUT2D eigenvalue weighted by atomic mass is 10.1. The van der Waals surface area contributed by atoms with E-state index in [-0.39, 0.29) is 13.0 Å². The molecule has 0 aliphatic carbocycles. The molecule has 0 unspecified atom stereocenters. The Kier molecular flexibility index (Phi) is 6.08. The molecule has 2 aliphatic rings. The fourth-order valence-corrected chi connectivity index (χ4v) is 4.89. The Labute approximate surface area is 198 Å². The van der Waals surface area contributed by atoms with Crippen molar-refractivity contribution in [3.63, 3.8) is 0 Å². The topological polar surface area (TPSA) is 51.3 Å². The molecule has 0 atom stereocenters. The summed E-state index contributed by atoms with van der Waals surface area (Å²) in [5.74, 6) is -1.64. The molecule has 0 saturated carbocycles. The van der Waals surface area contributed by atoms with E-state index in [0.717, 1.165) is 65.4 Å². The summed E-state index contributed by atoms with van der Waals surface area (Å²) < 4.78 is 27.4. The highest BCUT2D eigenvalue weighted by Gasteiger charge is 2.35. The maximum atomic E-state index is 13.7. The molecule has 5 heterocycles. The summed E-state index contributed by atoms with van der Waals surface area (Å²) in [6.07, 6.45) is 8.01. The quantitative estimate of drug-likeness (QED) is 0.576. The van der Waals surface area contributed by atoms with E-state index in [0.29, 0.717) is 19.5 Å². The molecule has 8 heteroatoms. The van der Waals surface area contributed by atoms with Crippen LogP contribution < -0.4 is 4.90 Å². The van der Waals surface area contributed by atoms with E-state index in [1.807, 2.05) is 35.6 Å². The second-order valence-corrected chi connectivity index (χ2v) is 9.18. The zero-order chi connectivity index (χ0) is 23.7. The Hall–Kier alpha value is -3.26. The minimum Gasteiger partial charge on any atom is -0.371 e. The molecule has 0 amide bonds. The van der Waals surface area contributed by atoms with Gasteiger partial charge < -0.3 is 14.8 Å². The second-order valence-electron chi connectivity index (χ2n) is 9.18. The van der Waals surface area contributed by atoms with Crippen molar-refractivity contribution in [2.24, 2.45) is 0 Å². The van der Waals surface area contributed by atoms with Gasteiger partial charge in [-0.05, 0) is 31.2 Å². The highest BCUT2D eigenvalue weighted by atomic mass is 19.3. The third-order valence-corrected chi connectivity index (χ3v) is 6.79. The molecule has 1 N–H and O–H groups in total. The third kappa shape index (κ3) is 4.68. The van der Waals surface area contributed by atoms with Crippen molar-refractivity contribution in [3.05, 3.63) is 61.2 Å². The molecule has 5 rings (SSSR count). The first-order valence-corrected chi connectivity index (χ1v) is 11.8. The number of piperidine rings is 1. The van der Waals surface area contributed by atoms with Crippen LogP contribution in [0.5, 0.6) is 0 Å². The van der Waals surface area contributed by atoms with Crippen molar-refractivity contribution in [2.75, 3.05) is 50.7 Å². The largest absolute Gasteiger partial charge is 0.371 e. The van der Waals surface area contributed by atoms with Crippen LogP contribution in [0.25, 0.3) is 28.2 Å². The van der Waals surface area contributed by atoms with Gasteiger partial charge in [0.1, 0.15) is 11.5 Å². The second kappa shape index (κ2) is 9.18. The van der Waals surface area contributed by atoms with E-state index < -0.39 is 5.92 Å². The fourth-order valence-electron chi connectivity index (χ4n) is 4.89. The highest BCUT2D eigenvalue weighted by Crippen LogP contribution is 2.28. The van der Waals surface area contributed by atoms with Gasteiger partial charge in [0.05, 0.1) is 6.54 Å². The Balaban J connectivity index is 1.19. The number of nitrogens with zero attached hydrogens (tertiary/aromatic N) is 5. The molecule has 2 fully saturated rings. The SMILES string of the molecule is C=Cc1c[nH]c2ncc(-c3ccc(N4CCN(C(=C)CN5CCCC(F)(F)C5)CC4)nc3)cc12. The number of anilines is 1. The van der Waals surface area contributed by atoms with Gasteiger partial charge in [0, 0.05) is 85.5 Å². The Morgan fingerprint density at radius 2 is 1.88 bits per heavy atom. The number of piperazine rings is 1. The van der Waals surface area contributed by atoms with Gasteiger partial charge in [-0.3, -0.25) is 4.90 Å². The number of hydrogen-bond acceptors (Lipinski definition) is 5. The standard InChI is InChI=1S/C26H30F2N6/c1-3-20-14-30-25-23(20)13-22(16-31-25)21-5-6-24(29-15-21)34-11-9-33(10-12-34)19(2)17-32-8-4-7-26(27,28)18-32/h3,5-6,13-16H,1-2,4,7-12,17-18H2,(H,30,31). The van der Waals surface area contributed by atoms with E-state index in [2.05, 4.69) is 45.1 Å². The molecule has 3 aromatic rings. The van der Waals surface area contributed by atoms with Gasteiger partial charge in [0.15, 0.2) is 0 Å². The van der Waals surface area contributed by atoms with Crippen molar-refractivity contribution >= 4 is 22.9 Å². The number of hydrogen-bond donors (Lipinski definition) is 1. The summed E-state index contributed by atoms with van der Waals surface area (Å²) in [5, 5.41) is 1.04. The number of aromatic amines is 1. The molecule has 2 saturated heterocycles. The summed E-state index contributed by atoms with van der Waals surface area (Å²) in [5.41, 5.74) is 4.82. The lowest BCUT2D eigenvalue weighted by Gasteiger charge is -2.40. The summed E-state index contributed by atoms with van der Waals surface area (Å²) in [7, 11) is 0. The van der Waals surface area contributed by atoms with Gasteiger partial charge in [0.2, 0.25) is 0 Å². The molecular formula is C26H30F2N6. The van der Waals surface area contributed by atoms with Gasteiger partial charge >= 0.3 is 0 Å². The third-order valence-electron chi connectivity index (χ3n) is 6.79. The van der Waals surface area contributed by atoms with Crippen molar-refractivity contribution < 1.29 is 8.78 Å². The van der Waals surface area contributed by atoms with E-state index in [1.54, 1.807) is 0 Å².